The summed E-state index contributed by atoms with van der Waals surface area (Å²) in [5.74, 6) is 6.25. The van der Waals surface area contributed by atoms with E-state index in [9.17, 15) is 0 Å². The third kappa shape index (κ3) is 8.00. The Morgan fingerprint density at radius 2 is 1.33 bits per heavy atom. The fourth-order valence-electron chi connectivity index (χ4n) is 7.72. The van der Waals surface area contributed by atoms with E-state index in [1.807, 2.05) is 0 Å². The number of benzene rings is 5. The maximum atomic E-state index is 6.22. The zero-order valence-corrected chi connectivity index (χ0v) is 32.1. The molecule has 0 spiro atoms. The minimum absolute atomic E-state index is 0.00525. The molecule has 2 atom stereocenters. The van der Waals surface area contributed by atoms with Gasteiger partial charge in [0.25, 0.3) is 0 Å². The molecule has 2 unspecified atom stereocenters. The van der Waals surface area contributed by atoms with Crippen LogP contribution in [0.15, 0.2) is 216 Å². The SMILES string of the molecule is C=C1/C=C(c2ccc(-c3ccc(-c4ccc(C(/C=C(\NN)C5=CCC(C)(C6=CCCC=C6)C=C5)c5ccccc5)cc4)cc3)cc2)\C=C/Sc2ccccc21. The van der Waals surface area contributed by atoms with Crippen molar-refractivity contribution in [1.29, 1.82) is 0 Å². The Hall–Kier alpha value is -5.87. The van der Waals surface area contributed by atoms with Crippen molar-refractivity contribution in [2.45, 2.75) is 37.0 Å². The molecule has 2 nitrogen and oxygen atoms in total. The Bertz CT molecular complexity index is 2400. The number of hydrogen-bond acceptors (Lipinski definition) is 3. The van der Waals surface area contributed by atoms with Crippen LogP contribution in [0.4, 0.5) is 0 Å². The van der Waals surface area contributed by atoms with Crippen LogP contribution in [-0.2, 0) is 0 Å². The smallest absolute Gasteiger partial charge is 0.0523 e. The Labute approximate surface area is 330 Å². The van der Waals surface area contributed by atoms with Gasteiger partial charge in [-0.05, 0) is 116 Å². The molecule has 270 valence electrons. The van der Waals surface area contributed by atoms with Crippen LogP contribution in [0, 0.1) is 5.41 Å². The van der Waals surface area contributed by atoms with Gasteiger partial charge >= 0.3 is 0 Å². The van der Waals surface area contributed by atoms with E-state index in [0.29, 0.717) is 0 Å². The molecule has 5 aromatic carbocycles. The highest BCUT2D eigenvalue weighted by Gasteiger charge is 2.27. The van der Waals surface area contributed by atoms with Gasteiger partial charge in [-0.3, -0.25) is 5.84 Å². The van der Waals surface area contributed by atoms with Crippen LogP contribution in [0.25, 0.3) is 33.4 Å². The van der Waals surface area contributed by atoms with E-state index in [2.05, 4.69) is 206 Å². The minimum atomic E-state index is 0.00525. The van der Waals surface area contributed by atoms with Crippen molar-refractivity contribution in [3.8, 4) is 22.3 Å². The van der Waals surface area contributed by atoms with E-state index in [1.54, 1.807) is 11.8 Å². The molecule has 3 aliphatic rings. The van der Waals surface area contributed by atoms with Crippen LogP contribution in [0.3, 0.4) is 0 Å². The molecule has 8 rings (SSSR count). The van der Waals surface area contributed by atoms with Crippen LogP contribution in [0.2, 0.25) is 0 Å². The summed E-state index contributed by atoms with van der Waals surface area (Å²) in [4.78, 5) is 1.23. The third-order valence-electron chi connectivity index (χ3n) is 11.0. The Morgan fingerprint density at radius 1 is 0.709 bits per heavy atom. The highest BCUT2D eigenvalue weighted by Crippen LogP contribution is 2.41. The number of allylic oxidation sites excluding steroid dienone is 12. The van der Waals surface area contributed by atoms with E-state index in [0.717, 1.165) is 41.7 Å². The fraction of sp³-hybridized carbons (Fsp3) is 0.115. The summed E-state index contributed by atoms with van der Waals surface area (Å²) in [5.41, 5.74) is 18.2. The molecule has 0 bridgehead atoms. The minimum Gasteiger partial charge on any atom is -0.324 e. The first-order chi connectivity index (χ1) is 27.0. The number of rotatable bonds is 9. The van der Waals surface area contributed by atoms with E-state index < -0.39 is 0 Å². The topological polar surface area (TPSA) is 38.0 Å². The average Bonchev–Trinajstić information content (AvgIpc) is 3.24. The van der Waals surface area contributed by atoms with Crippen molar-refractivity contribution in [3.05, 3.63) is 233 Å². The highest BCUT2D eigenvalue weighted by atomic mass is 32.2. The molecule has 0 fully saturated rings. The third-order valence-corrected chi connectivity index (χ3v) is 11.9. The molecule has 1 heterocycles. The van der Waals surface area contributed by atoms with Gasteiger partial charge in [0.1, 0.15) is 0 Å². The van der Waals surface area contributed by atoms with Crippen LogP contribution >= 0.6 is 11.8 Å². The fourth-order valence-corrected chi connectivity index (χ4v) is 8.57. The molecule has 1 aliphatic heterocycles. The van der Waals surface area contributed by atoms with Crippen molar-refractivity contribution >= 4 is 22.9 Å². The van der Waals surface area contributed by atoms with Gasteiger partial charge in [-0.15, -0.1) is 0 Å². The van der Waals surface area contributed by atoms with Crippen molar-refractivity contribution < 1.29 is 0 Å². The van der Waals surface area contributed by atoms with Crippen LogP contribution < -0.4 is 11.3 Å². The van der Waals surface area contributed by atoms with E-state index >= 15 is 0 Å². The molecular weight excluding hydrogens is 685 g/mol. The predicted octanol–water partition coefficient (Wildman–Crippen LogP) is 13.4. The summed E-state index contributed by atoms with van der Waals surface area (Å²) in [7, 11) is 0. The Kier molecular flexibility index (Phi) is 10.7. The quantitative estimate of drug-likeness (QED) is 0.117. The molecule has 3 heteroatoms. The molecule has 3 N–H and O–H groups in total. The van der Waals surface area contributed by atoms with Gasteiger partial charge in [-0.25, -0.2) is 0 Å². The maximum Gasteiger partial charge on any atom is 0.0523 e. The van der Waals surface area contributed by atoms with Crippen LogP contribution in [-0.4, -0.2) is 0 Å². The van der Waals surface area contributed by atoms with E-state index in [-0.39, 0.29) is 11.3 Å². The second-order valence-corrected chi connectivity index (χ2v) is 15.6. The lowest BCUT2D eigenvalue weighted by Gasteiger charge is -2.31. The maximum absolute atomic E-state index is 6.22. The molecule has 0 saturated heterocycles. The monoisotopic (exact) mass is 730 g/mol. The number of hydrogen-bond donors (Lipinski definition) is 2. The number of nitrogens with two attached hydrogens (primary N) is 1. The summed E-state index contributed by atoms with van der Waals surface area (Å²) in [6.07, 6.45) is 23.7. The molecule has 55 heavy (non-hydrogen) atoms. The number of hydrazine groups is 1. The van der Waals surface area contributed by atoms with Gasteiger partial charge in [0, 0.05) is 16.2 Å². The molecule has 0 radical (unpaired) electrons. The van der Waals surface area contributed by atoms with Gasteiger partial charge in [0.2, 0.25) is 0 Å². The highest BCUT2D eigenvalue weighted by molar-refractivity contribution is 8.02. The zero-order chi connectivity index (χ0) is 37.6. The van der Waals surface area contributed by atoms with Crippen LogP contribution in [0.1, 0.15) is 54.4 Å². The molecule has 2 aliphatic carbocycles. The van der Waals surface area contributed by atoms with Gasteiger partial charge < -0.3 is 5.43 Å². The summed E-state index contributed by atoms with van der Waals surface area (Å²) in [6, 6.07) is 45.8. The van der Waals surface area contributed by atoms with Crippen LogP contribution in [0.5, 0.6) is 0 Å². The lowest BCUT2D eigenvalue weighted by atomic mass is 9.74. The van der Waals surface area contributed by atoms with Crippen molar-refractivity contribution in [3.63, 3.8) is 0 Å². The second kappa shape index (κ2) is 16.2. The van der Waals surface area contributed by atoms with Gasteiger partial charge in [0.15, 0.2) is 0 Å². The summed E-state index contributed by atoms with van der Waals surface area (Å²) in [6.45, 7) is 6.69. The Morgan fingerprint density at radius 3 is 1.95 bits per heavy atom. The van der Waals surface area contributed by atoms with E-state index in [4.69, 9.17) is 5.84 Å². The Balaban J connectivity index is 0.994. The first kappa shape index (κ1) is 36.1. The summed E-state index contributed by atoms with van der Waals surface area (Å²) in [5, 5.41) is 2.17. The summed E-state index contributed by atoms with van der Waals surface area (Å²) >= 11 is 1.74. The van der Waals surface area contributed by atoms with E-state index in [1.165, 1.54) is 55.0 Å². The molecular formula is C52H46N2S. The number of fused-ring (bicyclic) bond motifs is 1. The van der Waals surface area contributed by atoms with Gasteiger partial charge in [-0.1, -0.05) is 183 Å². The van der Waals surface area contributed by atoms with Crippen molar-refractivity contribution in [2.75, 3.05) is 0 Å². The van der Waals surface area contributed by atoms with Crippen molar-refractivity contribution in [2.24, 2.45) is 11.3 Å². The normalized spacial score (nSPS) is 20.2. The first-order valence-electron chi connectivity index (χ1n) is 19.1. The van der Waals surface area contributed by atoms with Crippen molar-refractivity contribution in [1.82, 2.24) is 5.43 Å². The van der Waals surface area contributed by atoms with Gasteiger partial charge in [-0.2, -0.15) is 0 Å². The molecule has 0 aromatic heterocycles. The first-order valence-corrected chi connectivity index (χ1v) is 20.0. The van der Waals surface area contributed by atoms with Gasteiger partial charge in [0.05, 0.1) is 5.70 Å². The summed E-state index contributed by atoms with van der Waals surface area (Å²) < 4.78 is 0. The lowest BCUT2D eigenvalue weighted by Crippen LogP contribution is -2.25. The molecule has 0 amide bonds. The predicted molar refractivity (Wildman–Crippen MR) is 236 cm³/mol. The zero-order valence-electron chi connectivity index (χ0n) is 31.3. The molecule has 0 saturated carbocycles. The number of thioether (sulfide) groups is 1. The number of nitrogens with one attached hydrogen (secondary N) is 1. The standard InChI is InChI=1S/C52H46N2S/c1-37-35-46(31-34-55-51-16-10-9-15-48(37)51)42-23-21-40(22-24-42)38-17-19-39(20-18-38)41-25-27-44(28-26-41)49(43-11-5-3-6-12-43)36-50(54-53)45-29-32-52(2,33-30-45)47-13-7-4-8-14-47/h3,5-7,9-32,34-36,49,54H,1,4,8,33,53H2,2H3/b34-31-,46-35+,50-36-. The average molecular weight is 731 g/mol. The second-order valence-electron chi connectivity index (χ2n) is 14.7. The lowest BCUT2D eigenvalue weighted by molar-refractivity contribution is 0.522. The largest absolute Gasteiger partial charge is 0.324 e. The molecule has 5 aromatic rings.